The van der Waals surface area contributed by atoms with Gasteiger partial charge in [0.1, 0.15) is 11.9 Å². The SMILES string of the molecule is COCCCC1NC(=O)N(c2ccc(F)cc2)C1=O. The van der Waals surface area contributed by atoms with Crippen LogP contribution in [0.3, 0.4) is 0 Å². The van der Waals surface area contributed by atoms with E-state index in [1.807, 2.05) is 0 Å². The van der Waals surface area contributed by atoms with Gasteiger partial charge >= 0.3 is 6.03 Å². The molecule has 1 fully saturated rings. The Bertz CT molecular complexity index is 475. The van der Waals surface area contributed by atoms with E-state index in [4.69, 9.17) is 4.74 Å². The first-order chi connectivity index (χ1) is 9.13. The van der Waals surface area contributed by atoms with Gasteiger partial charge in [-0.05, 0) is 37.1 Å². The lowest BCUT2D eigenvalue weighted by Gasteiger charge is -2.12. The molecule has 0 bridgehead atoms. The number of ether oxygens (including phenoxy) is 1. The molecule has 1 aliphatic heterocycles. The molecule has 3 amide bonds. The summed E-state index contributed by atoms with van der Waals surface area (Å²) in [6.45, 7) is 0.538. The number of hydrogen-bond acceptors (Lipinski definition) is 3. The summed E-state index contributed by atoms with van der Waals surface area (Å²) in [5.41, 5.74) is 0.373. The molecular weight excluding hydrogens is 251 g/mol. The van der Waals surface area contributed by atoms with E-state index >= 15 is 0 Å². The Morgan fingerprint density at radius 2 is 2.00 bits per heavy atom. The van der Waals surface area contributed by atoms with Gasteiger partial charge in [-0.25, -0.2) is 14.1 Å². The number of carbonyl (C=O) groups excluding carboxylic acids is 2. The molecule has 6 heteroatoms. The maximum atomic E-state index is 12.8. The van der Waals surface area contributed by atoms with Crippen molar-refractivity contribution in [1.82, 2.24) is 5.32 Å². The highest BCUT2D eigenvalue weighted by molar-refractivity contribution is 6.21. The van der Waals surface area contributed by atoms with Crippen molar-refractivity contribution in [2.45, 2.75) is 18.9 Å². The van der Waals surface area contributed by atoms with Crippen LogP contribution in [0, 0.1) is 5.82 Å². The number of anilines is 1. The Kier molecular flexibility index (Phi) is 4.11. The molecule has 5 nitrogen and oxygen atoms in total. The average Bonchev–Trinajstić information content (AvgIpc) is 2.67. The number of amides is 3. The molecule has 1 atom stereocenters. The molecule has 0 aliphatic carbocycles. The number of imide groups is 1. The smallest absolute Gasteiger partial charge is 0.329 e. The molecular formula is C13H15FN2O3. The monoisotopic (exact) mass is 266 g/mol. The highest BCUT2D eigenvalue weighted by Gasteiger charge is 2.38. The topological polar surface area (TPSA) is 58.6 Å². The largest absolute Gasteiger partial charge is 0.385 e. The zero-order valence-corrected chi connectivity index (χ0v) is 10.6. The fraction of sp³-hybridized carbons (Fsp3) is 0.385. The van der Waals surface area contributed by atoms with E-state index in [2.05, 4.69) is 5.32 Å². The first-order valence-corrected chi connectivity index (χ1v) is 6.02. The van der Waals surface area contributed by atoms with Gasteiger partial charge in [0.05, 0.1) is 5.69 Å². The Morgan fingerprint density at radius 3 is 2.63 bits per heavy atom. The molecule has 1 aliphatic rings. The predicted octanol–water partition coefficient (Wildman–Crippen LogP) is 1.68. The lowest BCUT2D eigenvalue weighted by atomic mass is 10.1. The number of benzene rings is 1. The fourth-order valence-electron chi connectivity index (χ4n) is 1.99. The minimum atomic E-state index is -0.535. The van der Waals surface area contributed by atoms with Crippen LogP contribution in [-0.4, -0.2) is 31.7 Å². The maximum absolute atomic E-state index is 12.8. The van der Waals surface area contributed by atoms with Crippen molar-refractivity contribution >= 4 is 17.6 Å². The number of methoxy groups -OCH3 is 1. The normalized spacial score (nSPS) is 18.8. The molecule has 102 valence electrons. The summed E-state index contributed by atoms with van der Waals surface area (Å²) in [6, 6.07) is 4.24. The van der Waals surface area contributed by atoms with Crippen molar-refractivity contribution in [2.75, 3.05) is 18.6 Å². The molecule has 1 unspecified atom stereocenters. The third-order valence-corrected chi connectivity index (χ3v) is 2.95. The molecule has 1 heterocycles. The lowest BCUT2D eigenvalue weighted by Crippen LogP contribution is -2.31. The van der Waals surface area contributed by atoms with Gasteiger partial charge < -0.3 is 10.1 Å². The van der Waals surface area contributed by atoms with E-state index in [0.717, 1.165) is 4.90 Å². The second kappa shape index (κ2) is 5.79. The Balaban J connectivity index is 2.08. The summed E-state index contributed by atoms with van der Waals surface area (Å²) in [6.07, 6.45) is 1.21. The number of halogens is 1. The van der Waals surface area contributed by atoms with Crippen LogP contribution in [0.25, 0.3) is 0 Å². The van der Waals surface area contributed by atoms with Gasteiger partial charge in [-0.15, -0.1) is 0 Å². The first-order valence-electron chi connectivity index (χ1n) is 6.02. The zero-order valence-electron chi connectivity index (χ0n) is 10.6. The number of hydrogen-bond donors (Lipinski definition) is 1. The number of carbonyl (C=O) groups is 2. The Hall–Kier alpha value is -1.95. The summed E-state index contributed by atoms with van der Waals surface area (Å²) < 4.78 is 17.7. The summed E-state index contributed by atoms with van der Waals surface area (Å²) in [7, 11) is 1.58. The molecule has 1 saturated heterocycles. The van der Waals surface area contributed by atoms with Crippen LogP contribution >= 0.6 is 0 Å². The molecule has 2 rings (SSSR count). The molecule has 0 aromatic heterocycles. The molecule has 0 spiro atoms. The van der Waals surface area contributed by atoms with Crippen LogP contribution in [0.1, 0.15) is 12.8 Å². The van der Waals surface area contributed by atoms with E-state index in [1.54, 1.807) is 7.11 Å². The third-order valence-electron chi connectivity index (χ3n) is 2.95. The second-order valence-electron chi connectivity index (χ2n) is 4.29. The first kappa shape index (κ1) is 13.5. The number of nitrogens with one attached hydrogen (secondary N) is 1. The van der Waals surface area contributed by atoms with Crippen LogP contribution in [0.4, 0.5) is 14.9 Å². The van der Waals surface area contributed by atoms with E-state index in [9.17, 15) is 14.0 Å². The summed E-state index contributed by atoms with van der Waals surface area (Å²) >= 11 is 0. The quantitative estimate of drug-likeness (QED) is 0.651. The predicted molar refractivity (Wildman–Crippen MR) is 67.3 cm³/mol. The molecule has 1 N–H and O–H groups in total. The van der Waals surface area contributed by atoms with E-state index in [0.29, 0.717) is 25.1 Å². The van der Waals surface area contributed by atoms with Crippen LogP contribution in [-0.2, 0) is 9.53 Å². The molecule has 0 saturated carbocycles. The standard InChI is InChI=1S/C13H15FN2O3/c1-19-8-2-3-11-12(17)16(13(18)15-11)10-6-4-9(14)5-7-10/h4-7,11H,2-3,8H2,1H3,(H,15,18). The summed E-state index contributed by atoms with van der Waals surface area (Å²) in [4.78, 5) is 24.9. The Labute approximate surface area is 110 Å². The molecule has 1 aromatic carbocycles. The minimum absolute atomic E-state index is 0.312. The third kappa shape index (κ3) is 2.90. The summed E-state index contributed by atoms with van der Waals surface area (Å²) in [5, 5.41) is 2.61. The van der Waals surface area contributed by atoms with Gasteiger partial charge in [0.15, 0.2) is 0 Å². The lowest BCUT2D eigenvalue weighted by molar-refractivity contribution is -0.118. The zero-order chi connectivity index (χ0) is 13.8. The molecule has 1 aromatic rings. The second-order valence-corrected chi connectivity index (χ2v) is 4.29. The number of rotatable bonds is 5. The van der Waals surface area contributed by atoms with E-state index < -0.39 is 17.9 Å². The average molecular weight is 266 g/mol. The molecule has 0 radical (unpaired) electrons. The Morgan fingerprint density at radius 1 is 1.32 bits per heavy atom. The summed E-state index contributed by atoms with van der Waals surface area (Å²) in [5.74, 6) is -0.722. The number of nitrogens with zero attached hydrogens (tertiary/aromatic N) is 1. The highest BCUT2D eigenvalue weighted by Crippen LogP contribution is 2.21. The maximum Gasteiger partial charge on any atom is 0.329 e. The molecule has 19 heavy (non-hydrogen) atoms. The van der Waals surface area contributed by atoms with Gasteiger partial charge in [0.2, 0.25) is 0 Å². The van der Waals surface area contributed by atoms with Crippen molar-refractivity contribution in [3.8, 4) is 0 Å². The van der Waals surface area contributed by atoms with Crippen molar-refractivity contribution in [3.63, 3.8) is 0 Å². The van der Waals surface area contributed by atoms with Gasteiger partial charge in [0.25, 0.3) is 5.91 Å². The number of urea groups is 1. The van der Waals surface area contributed by atoms with Crippen LogP contribution < -0.4 is 10.2 Å². The van der Waals surface area contributed by atoms with Gasteiger partial charge in [-0.2, -0.15) is 0 Å². The van der Waals surface area contributed by atoms with Gasteiger partial charge in [-0.1, -0.05) is 0 Å². The highest BCUT2D eigenvalue weighted by atomic mass is 19.1. The fourth-order valence-corrected chi connectivity index (χ4v) is 1.99. The van der Waals surface area contributed by atoms with Crippen LogP contribution in [0.5, 0.6) is 0 Å². The van der Waals surface area contributed by atoms with Crippen LogP contribution in [0.15, 0.2) is 24.3 Å². The minimum Gasteiger partial charge on any atom is -0.385 e. The van der Waals surface area contributed by atoms with Gasteiger partial charge in [-0.3, -0.25) is 4.79 Å². The van der Waals surface area contributed by atoms with Gasteiger partial charge in [0, 0.05) is 13.7 Å². The van der Waals surface area contributed by atoms with Crippen molar-refractivity contribution in [1.29, 1.82) is 0 Å². The van der Waals surface area contributed by atoms with Crippen molar-refractivity contribution in [3.05, 3.63) is 30.1 Å². The van der Waals surface area contributed by atoms with Crippen molar-refractivity contribution in [2.24, 2.45) is 0 Å². The van der Waals surface area contributed by atoms with E-state index in [1.165, 1.54) is 24.3 Å². The van der Waals surface area contributed by atoms with Crippen molar-refractivity contribution < 1.29 is 18.7 Å². The van der Waals surface area contributed by atoms with E-state index in [-0.39, 0.29) is 5.91 Å². The van der Waals surface area contributed by atoms with Crippen LogP contribution in [0.2, 0.25) is 0 Å².